The summed E-state index contributed by atoms with van der Waals surface area (Å²) < 4.78 is 4.77. The van der Waals surface area contributed by atoms with E-state index in [0.717, 1.165) is 6.42 Å². The Hall–Kier alpha value is -0.570. The van der Waals surface area contributed by atoms with Crippen molar-refractivity contribution in [3.05, 3.63) is 0 Å². The molecule has 0 spiro atoms. The average Bonchev–Trinajstić information content (AvgIpc) is 2.96. The summed E-state index contributed by atoms with van der Waals surface area (Å²) in [5.74, 6) is -0.144. The lowest BCUT2D eigenvalue weighted by Gasteiger charge is -2.40. The lowest BCUT2D eigenvalue weighted by molar-refractivity contribution is -0.145. The van der Waals surface area contributed by atoms with Crippen LogP contribution in [0.25, 0.3) is 0 Å². The fraction of sp³-hybridized carbons (Fsp3) is 0.917. The molecule has 2 unspecified atom stereocenters. The highest BCUT2D eigenvalue weighted by Gasteiger charge is 2.56. The van der Waals surface area contributed by atoms with Gasteiger partial charge in [-0.05, 0) is 30.1 Å². The van der Waals surface area contributed by atoms with Gasteiger partial charge in [-0.15, -0.1) is 0 Å². The van der Waals surface area contributed by atoms with Crippen LogP contribution in [0.3, 0.4) is 0 Å². The number of methoxy groups -OCH3 is 1. The van der Waals surface area contributed by atoms with Crippen LogP contribution in [0.5, 0.6) is 0 Å². The molecule has 1 rings (SSSR count). The van der Waals surface area contributed by atoms with E-state index in [1.807, 2.05) is 0 Å². The Morgan fingerprint density at radius 3 is 2.47 bits per heavy atom. The molecular weight excluding hydrogens is 190 g/mol. The lowest BCUT2D eigenvalue weighted by atomic mass is 9.67. The maximum atomic E-state index is 11.4. The summed E-state index contributed by atoms with van der Waals surface area (Å²) in [6, 6.07) is 0.0732. The standard InChI is InChI=1S/C12H23NO2/c1-5-9(13)12(3,8-10(14)15-4)11(2)6-7-11/h9H,5-8,13H2,1-4H3. The van der Waals surface area contributed by atoms with Crippen LogP contribution in [-0.2, 0) is 9.53 Å². The molecule has 0 aliphatic heterocycles. The highest BCUT2D eigenvalue weighted by atomic mass is 16.5. The summed E-state index contributed by atoms with van der Waals surface area (Å²) in [4.78, 5) is 11.4. The SMILES string of the molecule is CCC(N)C(C)(CC(=O)OC)C1(C)CC1. The van der Waals surface area contributed by atoms with E-state index in [4.69, 9.17) is 10.5 Å². The van der Waals surface area contributed by atoms with E-state index >= 15 is 0 Å². The molecule has 88 valence electrons. The van der Waals surface area contributed by atoms with Crippen LogP contribution < -0.4 is 5.73 Å². The van der Waals surface area contributed by atoms with Gasteiger partial charge in [-0.2, -0.15) is 0 Å². The van der Waals surface area contributed by atoms with E-state index in [0.29, 0.717) is 6.42 Å². The summed E-state index contributed by atoms with van der Waals surface area (Å²) in [6.45, 7) is 6.43. The van der Waals surface area contributed by atoms with Gasteiger partial charge in [0.15, 0.2) is 0 Å². The minimum atomic E-state index is -0.144. The molecule has 1 aliphatic carbocycles. The number of esters is 1. The van der Waals surface area contributed by atoms with Gasteiger partial charge in [-0.25, -0.2) is 0 Å². The Bertz CT molecular complexity index is 248. The quantitative estimate of drug-likeness (QED) is 0.711. The lowest BCUT2D eigenvalue weighted by Crippen LogP contribution is -2.46. The van der Waals surface area contributed by atoms with Gasteiger partial charge in [-0.3, -0.25) is 4.79 Å². The number of ether oxygens (including phenoxy) is 1. The molecule has 3 heteroatoms. The van der Waals surface area contributed by atoms with Gasteiger partial charge in [0.25, 0.3) is 0 Å². The number of nitrogens with two attached hydrogens (primary N) is 1. The van der Waals surface area contributed by atoms with Crippen molar-refractivity contribution in [2.24, 2.45) is 16.6 Å². The molecular formula is C12H23NO2. The monoisotopic (exact) mass is 213 g/mol. The molecule has 15 heavy (non-hydrogen) atoms. The Kier molecular flexibility index (Phi) is 3.44. The van der Waals surface area contributed by atoms with Crippen molar-refractivity contribution < 1.29 is 9.53 Å². The molecule has 1 saturated carbocycles. The zero-order chi connectivity index (χ0) is 11.7. The van der Waals surface area contributed by atoms with E-state index in [1.54, 1.807) is 0 Å². The third kappa shape index (κ3) is 2.17. The number of carbonyl (C=O) groups excluding carboxylic acids is 1. The number of hydrogen-bond donors (Lipinski definition) is 1. The summed E-state index contributed by atoms with van der Waals surface area (Å²) in [5.41, 5.74) is 6.29. The van der Waals surface area contributed by atoms with Crippen LogP contribution in [0.1, 0.15) is 46.5 Å². The topological polar surface area (TPSA) is 52.3 Å². The Balaban J connectivity index is 2.81. The van der Waals surface area contributed by atoms with Crippen molar-refractivity contribution in [2.75, 3.05) is 7.11 Å². The molecule has 1 fully saturated rings. The molecule has 0 heterocycles. The average molecular weight is 213 g/mol. The Labute approximate surface area is 92.4 Å². The van der Waals surface area contributed by atoms with Crippen LogP contribution in [-0.4, -0.2) is 19.1 Å². The second-order valence-corrected chi connectivity index (χ2v) is 5.25. The maximum Gasteiger partial charge on any atom is 0.306 e. The first-order chi connectivity index (χ1) is 6.89. The Morgan fingerprint density at radius 1 is 1.60 bits per heavy atom. The third-order valence-corrected chi connectivity index (χ3v) is 4.38. The first kappa shape index (κ1) is 12.5. The van der Waals surface area contributed by atoms with Gasteiger partial charge in [0.1, 0.15) is 0 Å². The second kappa shape index (κ2) is 4.12. The smallest absolute Gasteiger partial charge is 0.306 e. The van der Waals surface area contributed by atoms with Gasteiger partial charge >= 0.3 is 5.97 Å². The van der Waals surface area contributed by atoms with Crippen molar-refractivity contribution in [2.45, 2.75) is 52.5 Å². The predicted molar refractivity (Wildman–Crippen MR) is 60.3 cm³/mol. The summed E-state index contributed by atoms with van der Waals surface area (Å²) in [6.07, 6.45) is 3.69. The summed E-state index contributed by atoms with van der Waals surface area (Å²) in [7, 11) is 1.44. The molecule has 0 aromatic rings. The minimum Gasteiger partial charge on any atom is -0.469 e. The van der Waals surface area contributed by atoms with E-state index in [1.165, 1.54) is 20.0 Å². The summed E-state index contributed by atoms with van der Waals surface area (Å²) in [5, 5.41) is 0. The van der Waals surface area contributed by atoms with E-state index in [-0.39, 0.29) is 22.8 Å². The van der Waals surface area contributed by atoms with Crippen molar-refractivity contribution in [1.29, 1.82) is 0 Å². The van der Waals surface area contributed by atoms with Crippen molar-refractivity contribution >= 4 is 5.97 Å². The first-order valence-electron chi connectivity index (χ1n) is 5.72. The van der Waals surface area contributed by atoms with Crippen molar-refractivity contribution in [1.82, 2.24) is 0 Å². The molecule has 0 amide bonds. The molecule has 0 bridgehead atoms. The maximum absolute atomic E-state index is 11.4. The van der Waals surface area contributed by atoms with E-state index in [2.05, 4.69) is 20.8 Å². The Morgan fingerprint density at radius 2 is 2.13 bits per heavy atom. The minimum absolute atomic E-state index is 0.0732. The van der Waals surface area contributed by atoms with Crippen LogP contribution in [0.15, 0.2) is 0 Å². The van der Waals surface area contributed by atoms with E-state index in [9.17, 15) is 4.79 Å². The zero-order valence-corrected chi connectivity index (χ0v) is 10.3. The highest BCUT2D eigenvalue weighted by Crippen LogP contribution is 2.61. The molecule has 2 N–H and O–H groups in total. The fourth-order valence-electron chi connectivity index (χ4n) is 2.37. The molecule has 0 aromatic heterocycles. The largest absolute Gasteiger partial charge is 0.469 e. The number of rotatable bonds is 5. The fourth-order valence-corrected chi connectivity index (χ4v) is 2.37. The molecule has 0 saturated heterocycles. The van der Waals surface area contributed by atoms with Crippen LogP contribution >= 0.6 is 0 Å². The molecule has 0 aromatic carbocycles. The van der Waals surface area contributed by atoms with Crippen LogP contribution in [0.4, 0.5) is 0 Å². The van der Waals surface area contributed by atoms with Gasteiger partial charge in [0, 0.05) is 6.04 Å². The highest BCUT2D eigenvalue weighted by molar-refractivity contribution is 5.70. The molecule has 2 atom stereocenters. The summed E-state index contributed by atoms with van der Waals surface area (Å²) >= 11 is 0. The zero-order valence-electron chi connectivity index (χ0n) is 10.3. The van der Waals surface area contributed by atoms with Gasteiger partial charge in [0.2, 0.25) is 0 Å². The van der Waals surface area contributed by atoms with Gasteiger partial charge < -0.3 is 10.5 Å². The third-order valence-electron chi connectivity index (χ3n) is 4.38. The van der Waals surface area contributed by atoms with Gasteiger partial charge in [0.05, 0.1) is 13.5 Å². The van der Waals surface area contributed by atoms with Gasteiger partial charge in [-0.1, -0.05) is 20.8 Å². The van der Waals surface area contributed by atoms with Crippen LogP contribution in [0.2, 0.25) is 0 Å². The van der Waals surface area contributed by atoms with Crippen molar-refractivity contribution in [3.8, 4) is 0 Å². The predicted octanol–water partition coefficient (Wildman–Crippen LogP) is 2.09. The van der Waals surface area contributed by atoms with Crippen molar-refractivity contribution in [3.63, 3.8) is 0 Å². The first-order valence-corrected chi connectivity index (χ1v) is 5.72. The van der Waals surface area contributed by atoms with E-state index < -0.39 is 0 Å². The van der Waals surface area contributed by atoms with Crippen LogP contribution in [0, 0.1) is 10.8 Å². The second-order valence-electron chi connectivity index (χ2n) is 5.25. The number of carbonyl (C=O) groups is 1. The molecule has 0 radical (unpaired) electrons. The molecule has 3 nitrogen and oxygen atoms in total. The normalized spacial score (nSPS) is 24.1. The molecule has 1 aliphatic rings. The number of hydrogen-bond acceptors (Lipinski definition) is 3.